The van der Waals surface area contributed by atoms with Crippen LogP contribution in [-0.2, 0) is 25.0 Å². The molecule has 1 unspecified atom stereocenters. The molecule has 1 heterocycles. The lowest BCUT2D eigenvalue weighted by Gasteiger charge is -2.13. The predicted molar refractivity (Wildman–Crippen MR) is 95.0 cm³/mol. The van der Waals surface area contributed by atoms with E-state index in [2.05, 4.69) is 4.98 Å². The molecule has 25 heavy (non-hydrogen) atoms. The molecular formula is C20H22N2O3. The molecule has 0 radical (unpaired) electrons. The first-order valence-electron chi connectivity index (χ1n) is 8.20. The first kappa shape index (κ1) is 17.2. The molecule has 5 heteroatoms. The Bertz CT molecular complexity index is 769. The monoisotopic (exact) mass is 338 g/mol. The van der Waals surface area contributed by atoms with Crippen molar-refractivity contribution in [3.8, 4) is 5.75 Å². The van der Waals surface area contributed by atoms with Gasteiger partial charge in [0, 0.05) is 7.05 Å². The van der Waals surface area contributed by atoms with Gasteiger partial charge in [-0.2, -0.15) is 0 Å². The Morgan fingerprint density at radius 3 is 2.48 bits per heavy atom. The Kier molecular flexibility index (Phi) is 5.82. The first-order chi connectivity index (χ1) is 12.2. The second-order valence-corrected chi connectivity index (χ2v) is 5.87. The topological polar surface area (TPSA) is 56.5 Å². The molecule has 3 rings (SSSR count). The van der Waals surface area contributed by atoms with Crippen LogP contribution in [-0.4, -0.2) is 21.3 Å². The number of aryl methyl sites for hydroxylation is 1. The maximum absolute atomic E-state index is 10.2. The van der Waals surface area contributed by atoms with Gasteiger partial charge in [0.2, 0.25) is 0 Å². The van der Waals surface area contributed by atoms with E-state index in [4.69, 9.17) is 9.47 Å². The van der Waals surface area contributed by atoms with Crippen molar-refractivity contribution >= 4 is 0 Å². The second kappa shape index (κ2) is 8.46. The van der Waals surface area contributed by atoms with E-state index in [9.17, 15) is 5.11 Å². The van der Waals surface area contributed by atoms with Gasteiger partial charge in [0.05, 0.1) is 31.4 Å². The average Bonchev–Trinajstić information content (AvgIpc) is 3.06. The number of ether oxygens (including phenoxy) is 2. The molecule has 0 amide bonds. The Morgan fingerprint density at radius 2 is 1.80 bits per heavy atom. The summed E-state index contributed by atoms with van der Waals surface area (Å²) < 4.78 is 13.2. The Balaban J connectivity index is 1.47. The number of nitrogens with zero attached hydrogens (tertiary/aromatic N) is 2. The van der Waals surface area contributed by atoms with Crippen LogP contribution < -0.4 is 4.74 Å². The molecule has 5 nitrogen and oxygen atoms in total. The van der Waals surface area contributed by atoms with Crippen LogP contribution in [0.25, 0.3) is 0 Å². The van der Waals surface area contributed by atoms with Gasteiger partial charge >= 0.3 is 0 Å². The molecule has 1 aromatic heterocycles. The number of benzene rings is 2. The summed E-state index contributed by atoms with van der Waals surface area (Å²) in [5.74, 6) is 0.774. The first-order valence-corrected chi connectivity index (χ1v) is 8.20. The standard InChI is InChI=1S/C20H22N2O3/c1-22-15-21-11-18(22)13-24-14-20(23)17-7-9-19(10-8-17)25-12-16-5-3-2-4-6-16/h2-11,15,20,23H,12-14H2,1H3. The minimum atomic E-state index is -0.670. The Hall–Kier alpha value is -2.63. The maximum atomic E-state index is 10.2. The number of aromatic nitrogens is 2. The number of aliphatic hydroxyl groups is 1. The fourth-order valence-electron chi connectivity index (χ4n) is 2.42. The van der Waals surface area contributed by atoms with Gasteiger partial charge in [-0.1, -0.05) is 42.5 Å². The van der Waals surface area contributed by atoms with Crippen LogP contribution in [0.2, 0.25) is 0 Å². The molecule has 0 aliphatic rings. The fourth-order valence-corrected chi connectivity index (χ4v) is 2.42. The molecule has 0 spiro atoms. The van der Waals surface area contributed by atoms with Crippen molar-refractivity contribution < 1.29 is 14.6 Å². The van der Waals surface area contributed by atoms with Crippen molar-refractivity contribution in [1.82, 2.24) is 9.55 Å². The smallest absolute Gasteiger partial charge is 0.119 e. The van der Waals surface area contributed by atoms with E-state index in [-0.39, 0.29) is 6.61 Å². The lowest BCUT2D eigenvalue weighted by atomic mass is 10.1. The van der Waals surface area contributed by atoms with Crippen molar-refractivity contribution in [2.24, 2.45) is 7.05 Å². The summed E-state index contributed by atoms with van der Waals surface area (Å²) in [6, 6.07) is 17.5. The third-order valence-corrected chi connectivity index (χ3v) is 3.96. The molecule has 2 aromatic carbocycles. The predicted octanol–water partition coefficient (Wildman–Crippen LogP) is 3.25. The van der Waals surface area contributed by atoms with Crippen LogP contribution in [0.5, 0.6) is 5.75 Å². The van der Waals surface area contributed by atoms with Gasteiger partial charge in [0.15, 0.2) is 0 Å². The van der Waals surface area contributed by atoms with E-state index >= 15 is 0 Å². The maximum Gasteiger partial charge on any atom is 0.119 e. The zero-order valence-corrected chi connectivity index (χ0v) is 14.2. The van der Waals surface area contributed by atoms with Gasteiger partial charge in [-0.25, -0.2) is 4.98 Å². The van der Waals surface area contributed by atoms with Crippen LogP contribution in [0.3, 0.4) is 0 Å². The van der Waals surface area contributed by atoms with Gasteiger partial charge < -0.3 is 19.1 Å². The highest BCUT2D eigenvalue weighted by molar-refractivity contribution is 5.29. The van der Waals surface area contributed by atoms with Crippen molar-refractivity contribution in [2.75, 3.05) is 6.61 Å². The molecule has 0 aliphatic carbocycles. The zero-order chi connectivity index (χ0) is 17.5. The van der Waals surface area contributed by atoms with Gasteiger partial charge in [-0.15, -0.1) is 0 Å². The molecule has 0 saturated carbocycles. The van der Waals surface area contributed by atoms with Crippen LogP contribution in [0.1, 0.15) is 22.9 Å². The Labute approximate surface area is 147 Å². The van der Waals surface area contributed by atoms with E-state index < -0.39 is 6.10 Å². The molecule has 0 saturated heterocycles. The van der Waals surface area contributed by atoms with Crippen molar-refractivity contribution in [3.05, 3.63) is 83.9 Å². The van der Waals surface area contributed by atoms with Gasteiger partial charge in [0.25, 0.3) is 0 Å². The highest BCUT2D eigenvalue weighted by Gasteiger charge is 2.09. The SMILES string of the molecule is Cn1cncc1COCC(O)c1ccc(OCc2ccccc2)cc1. The summed E-state index contributed by atoms with van der Waals surface area (Å²) in [6.07, 6.45) is 2.81. The molecule has 0 fully saturated rings. The molecule has 1 N–H and O–H groups in total. The quantitative estimate of drug-likeness (QED) is 0.685. The molecule has 0 aliphatic heterocycles. The van der Waals surface area contributed by atoms with Gasteiger partial charge in [-0.05, 0) is 23.3 Å². The van der Waals surface area contributed by atoms with E-state index in [1.807, 2.05) is 66.2 Å². The fraction of sp³-hybridized carbons (Fsp3) is 0.250. The average molecular weight is 338 g/mol. The normalized spacial score (nSPS) is 12.1. The number of imidazole rings is 1. The molecule has 1 atom stereocenters. The number of rotatable bonds is 8. The van der Waals surface area contributed by atoms with Gasteiger partial charge in [0.1, 0.15) is 18.5 Å². The van der Waals surface area contributed by atoms with E-state index in [0.717, 1.165) is 22.6 Å². The summed E-state index contributed by atoms with van der Waals surface area (Å²) in [5.41, 5.74) is 2.89. The molecule has 0 bridgehead atoms. The summed E-state index contributed by atoms with van der Waals surface area (Å²) in [6.45, 7) is 1.18. The summed E-state index contributed by atoms with van der Waals surface area (Å²) >= 11 is 0. The van der Waals surface area contributed by atoms with E-state index in [1.165, 1.54) is 0 Å². The van der Waals surface area contributed by atoms with Crippen LogP contribution >= 0.6 is 0 Å². The summed E-state index contributed by atoms with van der Waals surface area (Å²) in [5, 5.41) is 10.2. The molecule has 130 valence electrons. The summed E-state index contributed by atoms with van der Waals surface area (Å²) in [7, 11) is 1.91. The third-order valence-electron chi connectivity index (χ3n) is 3.96. The minimum Gasteiger partial charge on any atom is -0.489 e. The Morgan fingerprint density at radius 1 is 1.04 bits per heavy atom. The number of hydrogen-bond acceptors (Lipinski definition) is 4. The second-order valence-electron chi connectivity index (χ2n) is 5.87. The van der Waals surface area contributed by atoms with Crippen molar-refractivity contribution in [2.45, 2.75) is 19.3 Å². The molecular weight excluding hydrogens is 316 g/mol. The third kappa shape index (κ3) is 4.92. The lowest BCUT2D eigenvalue weighted by molar-refractivity contribution is 0.0257. The lowest BCUT2D eigenvalue weighted by Crippen LogP contribution is -2.08. The highest BCUT2D eigenvalue weighted by Crippen LogP contribution is 2.19. The minimum absolute atomic E-state index is 0.232. The largest absolute Gasteiger partial charge is 0.489 e. The van der Waals surface area contributed by atoms with Gasteiger partial charge in [-0.3, -0.25) is 0 Å². The van der Waals surface area contributed by atoms with Crippen LogP contribution in [0.15, 0.2) is 67.1 Å². The summed E-state index contributed by atoms with van der Waals surface area (Å²) in [4.78, 5) is 4.03. The number of aliphatic hydroxyl groups excluding tert-OH is 1. The van der Waals surface area contributed by atoms with Crippen molar-refractivity contribution in [3.63, 3.8) is 0 Å². The van der Waals surface area contributed by atoms with E-state index in [1.54, 1.807) is 12.5 Å². The van der Waals surface area contributed by atoms with Crippen molar-refractivity contribution in [1.29, 1.82) is 0 Å². The van der Waals surface area contributed by atoms with E-state index in [0.29, 0.717) is 13.2 Å². The van der Waals surface area contributed by atoms with Crippen LogP contribution in [0, 0.1) is 0 Å². The van der Waals surface area contributed by atoms with Crippen LogP contribution in [0.4, 0.5) is 0 Å². The zero-order valence-electron chi connectivity index (χ0n) is 14.2. The highest BCUT2D eigenvalue weighted by atomic mass is 16.5. The number of hydrogen-bond donors (Lipinski definition) is 1. The molecule has 3 aromatic rings.